The Morgan fingerprint density at radius 1 is 1.32 bits per heavy atom. The van der Waals surface area contributed by atoms with Gasteiger partial charge in [0.1, 0.15) is 0 Å². The van der Waals surface area contributed by atoms with Crippen molar-refractivity contribution >= 4 is 23.6 Å². The Bertz CT molecular complexity index is 561. The van der Waals surface area contributed by atoms with Crippen LogP contribution in [0.5, 0.6) is 0 Å². The maximum Gasteiger partial charge on any atom is 0.397 e. The molecule has 0 aromatic heterocycles. The molecule has 122 valence electrons. The van der Waals surface area contributed by atoms with Crippen molar-refractivity contribution in [3.05, 3.63) is 34.9 Å². The van der Waals surface area contributed by atoms with E-state index >= 15 is 0 Å². The molecule has 0 spiro atoms. The van der Waals surface area contributed by atoms with Gasteiger partial charge in [-0.15, -0.1) is 11.8 Å². The third kappa shape index (κ3) is 5.59. The first-order valence-electron chi connectivity index (χ1n) is 6.34. The fourth-order valence-electron chi connectivity index (χ4n) is 1.82. The number of benzene rings is 1. The first-order chi connectivity index (χ1) is 10.1. The first kappa shape index (κ1) is 18.3. The number of carboxylic acids is 1. The molecule has 4 nitrogen and oxygen atoms in total. The van der Waals surface area contributed by atoms with Crippen LogP contribution in [0.15, 0.2) is 18.2 Å². The van der Waals surface area contributed by atoms with Crippen molar-refractivity contribution < 1.29 is 27.9 Å². The predicted octanol–water partition coefficient (Wildman–Crippen LogP) is 2.84. The number of hydrogen-bond acceptors (Lipinski definition) is 3. The lowest BCUT2D eigenvalue weighted by molar-refractivity contribution is -0.141. The lowest BCUT2D eigenvalue weighted by Gasteiger charge is -2.18. The van der Waals surface area contributed by atoms with E-state index in [0.29, 0.717) is 17.3 Å². The summed E-state index contributed by atoms with van der Waals surface area (Å²) in [6, 6.07) is 3.76. The highest BCUT2D eigenvalue weighted by atomic mass is 32.2. The van der Waals surface area contributed by atoms with Crippen molar-refractivity contribution in [2.75, 3.05) is 11.5 Å². The van der Waals surface area contributed by atoms with Crippen LogP contribution in [-0.2, 0) is 9.59 Å². The van der Waals surface area contributed by atoms with Crippen LogP contribution in [0.4, 0.5) is 13.2 Å². The van der Waals surface area contributed by atoms with Crippen molar-refractivity contribution in [3.63, 3.8) is 0 Å². The molecule has 2 N–H and O–H groups in total. The molecule has 1 amide bonds. The number of carbonyl (C=O) groups is 2. The van der Waals surface area contributed by atoms with E-state index in [9.17, 15) is 27.9 Å². The zero-order valence-corrected chi connectivity index (χ0v) is 12.8. The lowest BCUT2D eigenvalue weighted by Crippen LogP contribution is -2.35. The van der Waals surface area contributed by atoms with E-state index in [1.807, 2.05) is 0 Å². The maximum absolute atomic E-state index is 12.0. The number of carbonyl (C=O) groups excluding carboxylic acids is 1. The highest BCUT2D eigenvalue weighted by Gasteiger charge is 2.28. The largest absolute Gasteiger partial charge is 0.479 e. The highest BCUT2D eigenvalue weighted by molar-refractivity contribution is 8.00. The van der Waals surface area contributed by atoms with Crippen molar-refractivity contribution in [3.8, 4) is 0 Å². The van der Waals surface area contributed by atoms with Gasteiger partial charge in [0.2, 0.25) is 5.91 Å². The van der Waals surface area contributed by atoms with Crippen LogP contribution in [0.25, 0.3) is 0 Å². The van der Waals surface area contributed by atoms with E-state index in [1.54, 1.807) is 32.0 Å². The van der Waals surface area contributed by atoms with Gasteiger partial charge in [-0.1, -0.05) is 18.2 Å². The molecule has 0 bridgehead atoms. The highest BCUT2D eigenvalue weighted by Crippen LogP contribution is 2.23. The summed E-state index contributed by atoms with van der Waals surface area (Å²) in [6.07, 6.45) is -4.36. The molecular weight excluding hydrogens is 319 g/mol. The fourth-order valence-corrected chi connectivity index (χ4v) is 2.42. The number of amides is 1. The number of thioether (sulfide) groups is 1. The third-order valence-electron chi connectivity index (χ3n) is 3.01. The summed E-state index contributed by atoms with van der Waals surface area (Å²) in [7, 11) is 0. The number of alkyl halides is 3. The Labute approximate surface area is 130 Å². The van der Waals surface area contributed by atoms with Gasteiger partial charge >= 0.3 is 12.1 Å². The Hall–Kier alpha value is -1.70. The molecule has 0 heterocycles. The molecule has 8 heteroatoms. The standard InChI is InChI=1S/C14H16F3NO3S/c1-8-4-3-5-10(9(8)2)12(13(20)21)18-11(19)6-22-7-14(15,16)17/h3-5,12H,6-7H2,1-2H3,(H,18,19)(H,20,21). The number of aryl methyl sites for hydroxylation is 1. The molecular formula is C14H16F3NO3S. The van der Waals surface area contributed by atoms with E-state index < -0.39 is 35.6 Å². The number of carboxylic acid groups (broad SMARTS) is 1. The predicted molar refractivity (Wildman–Crippen MR) is 77.8 cm³/mol. The van der Waals surface area contributed by atoms with Crippen molar-refractivity contribution in [1.29, 1.82) is 0 Å². The van der Waals surface area contributed by atoms with Crippen LogP contribution < -0.4 is 5.32 Å². The van der Waals surface area contributed by atoms with Crippen LogP contribution in [0, 0.1) is 13.8 Å². The van der Waals surface area contributed by atoms with Gasteiger partial charge in [-0.2, -0.15) is 13.2 Å². The minimum Gasteiger partial charge on any atom is -0.479 e. The molecule has 0 saturated carbocycles. The SMILES string of the molecule is Cc1cccc(C(NC(=O)CSCC(F)(F)F)C(=O)O)c1C. The van der Waals surface area contributed by atoms with Gasteiger partial charge in [0.25, 0.3) is 0 Å². The van der Waals surface area contributed by atoms with Gasteiger partial charge in [-0.25, -0.2) is 4.79 Å². The van der Waals surface area contributed by atoms with E-state index in [-0.39, 0.29) is 0 Å². The Morgan fingerprint density at radius 2 is 1.95 bits per heavy atom. The smallest absolute Gasteiger partial charge is 0.397 e. The van der Waals surface area contributed by atoms with Crippen LogP contribution in [-0.4, -0.2) is 34.7 Å². The average Bonchev–Trinajstić information content (AvgIpc) is 2.38. The average molecular weight is 335 g/mol. The second kappa shape index (κ2) is 7.53. The molecule has 0 aliphatic rings. The summed E-state index contributed by atoms with van der Waals surface area (Å²) in [5.74, 6) is -3.61. The Balaban J connectivity index is 2.75. The molecule has 1 aromatic rings. The van der Waals surface area contributed by atoms with Gasteiger partial charge in [0, 0.05) is 0 Å². The number of aliphatic carboxylic acids is 1. The van der Waals surface area contributed by atoms with E-state index in [0.717, 1.165) is 11.1 Å². The zero-order chi connectivity index (χ0) is 16.9. The van der Waals surface area contributed by atoms with Crippen LogP contribution in [0.3, 0.4) is 0 Å². The molecule has 1 atom stereocenters. The summed E-state index contributed by atoms with van der Waals surface area (Å²) in [6.45, 7) is 3.53. The quantitative estimate of drug-likeness (QED) is 0.839. The second-order valence-corrected chi connectivity index (χ2v) is 5.72. The summed E-state index contributed by atoms with van der Waals surface area (Å²) >= 11 is 0.395. The number of halogens is 3. The monoisotopic (exact) mass is 335 g/mol. The molecule has 0 aliphatic carbocycles. The summed E-state index contributed by atoms with van der Waals surface area (Å²) in [5.41, 5.74) is 2.00. The van der Waals surface area contributed by atoms with Gasteiger partial charge in [0.15, 0.2) is 6.04 Å². The Kier molecular flexibility index (Phi) is 6.28. The van der Waals surface area contributed by atoms with Gasteiger partial charge in [-0.05, 0) is 30.5 Å². The minimum atomic E-state index is -4.36. The topological polar surface area (TPSA) is 66.4 Å². The number of rotatable bonds is 6. The normalized spacial score (nSPS) is 12.8. The van der Waals surface area contributed by atoms with Gasteiger partial charge in [0.05, 0.1) is 11.5 Å². The van der Waals surface area contributed by atoms with Gasteiger partial charge < -0.3 is 10.4 Å². The second-order valence-electron chi connectivity index (χ2n) is 4.74. The first-order valence-corrected chi connectivity index (χ1v) is 7.50. The maximum atomic E-state index is 12.0. The van der Waals surface area contributed by atoms with Crippen molar-refractivity contribution in [1.82, 2.24) is 5.32 Å². The molecule has 0 saturated heterocycles. The van der Waals surface area contributed by atoms with E-state index in [2.05, 4.69) is 5.32 Å². The fraction of sp³-hybridized carbons (Fsp3) is 0.429. The van der Waals surface area contributed by atoms with Crippen LogP contribution in [0.1, 0.15) is 22.7 Å². The van der Waals surface area contributed by atoms with Crippen molar-refractivity contribution in [2.24, 2.45) is 0 Å². The molecule has 22 heavy (non-hydrogen) atoms. The van der Waals surface area contributed by atoms with Crippen LogP contribution >= 0.6 is 11.8 Å². The van der Waals surface area contributed by atoms with Crippen LogP contribution in [0.2, 0.25) is 0 Å². The number of nitrogens with one attached hydrogen (secondary N) is 1. The zero-order valence-electron chi connectivity index (χ0n) is 12.0. The molecule has 0 aliphatic heterocycles. The summed E-state index contributed by atoms with van der Waals surface area (Å²) in [5, 5.41) is 11.5. The molecule has 0 radical (unpaired) electrons. The lowest BCUT2D eigenvalue weighted by atomic mass is 9.97. The number of hydrogen-bond donors (Lipinski definition) is 2. The molecule has 1 rings (SSSR count). The molecule has 1 unspecified atom stereocenters. The van der Waals surface area contributed by atoms with Gasteiger partial charge in [-0.3, -0.25) is 4.79 Å². The van der Waals surface area contributed by atoms with E-state index in [4.69, 9.17) is 0 Å². The molecule has 0 fully saturated rings. The van der Waals surface area contributed by atoms with Crippen molar-refractivity contribution in [2.45, 2.75) is 26.1 Å². The summed E-state index contributed by atoms with van der Waals surface area (Å²) in [4.78, 5) is 23.0. The molecule has 1 aromatic carbocycles. The van der Waals surface area contributed by atoms with E-state index in [1.165, 1.54) is 0 Å². The summed E-state index contributed by atoms with van der Waals surface area (Å²) < 4.78 is 36.0. The third-order valence-corrected chi connectivity index (χ3v) is 4.01. The minimum absolute atomic E-state index is 0.395. The Morgan fingerprint density at radius 3 is 2.50 bits per heavy atom.